The summed E-state index contributed by atoms with van der Waals surface area (Å²) >= 11 is 0. The van der Waals surface area contributed by atoms with Crippen LogP contribution >= 0.6 is 0 Å². The van der Waals surface area contributed by atoms with Crippen molar-refractivity contribution in [3.8, 4) is 0 Å². The van der Waals surface area contributed by atoms with Gasteiger partial charge in [-0.25, -0.2) is 0 Å². The van der Waals surface area contributed by atoms with Crippen LogP contribution in [-0.4, -0.2) is 72.9 Å². The van der Waals surface area contributed by atoms with Gasteiger partial charge in [-0.2, -0.15) is 0 Å². The molecule has 9 nitrogen and oxygen atoms in total. The number of hydrogen-bond donors (Lipinski definition) is 0. The van der Waals surface area contributed by atoms with Crippen molar-refractivity contribution < 1.29 is 24.0 Å². The van der Waals surface area contributed by atoms with Crippen LogP contribution in [0.2, 0.25) is 0 Å². The average Bonchev–Trinajstić information content (AvgIpc) is 3.04. The molecule has 0 radical (unpaired) electrons. The van der Waals surface area contributed by atoms with Crippen LogP contribution in [0.4, 0.5) is 5.69 Å². The number of methoxy groups -OCH3 is 1. The second-order valence-electron chi connectivity index (χ2n) is 8.60. The Morgan fingerprint density at radius 3 is 2.74 bits per heavy atom. The van der Waals surface area contributed by atoms with E-state index >= 15 is 0 Å². The minimum absolute atomic E-state index is 0.00474. The van der Waals surface area contributed by atoms with Crippen molar-refractivity contribution in [3.05, 3.63) is 51.3 Å². The first kappa shape index (κ1) is 21.5. The second-order valence-corrected chi connectivity index (χ2v) is 8.60. The molecule has 1 aliphatic carbocycles. The maximum Gasteiger partial charge on any atom is 0.290 e. The highest BCUT2D eigenvalue weighted by Crippen LogP contribution is 2.47. The van der Waals surface area contributed by atoms with E-state index in [-0.39, 0.29) is 41.3 Å². The summed E-state index contributed by atoms with van der Waals surface area (Å²) in [6, 6.07) is 5.47. The Labute approximate surface area is 180 Å². The fourth-order valence-electron chi connectivity index (χ4n) is 4.78. The fourth-order valence-corrected chi connectivity index (χ4v) is 4.78. The zero-order valence-electron chi connectivity index (χ0n) is 17.9. The van der Waals surface area contributed by atoms with Crippen LogP contribution in [0.25, 0.3) is 0 Å². The minimum atomic E-state index is -0.684. The monoisotopic (exact) mass is 429 g/mol. The SMILES string of the molecule is COC1CCC2C(=O)C3=C(OC2C1)C(=O)N(CCN(C)C)C3c1cccc([N+](=O)[O-])c1. The van der Waals surface area contributed by atoms with Gasteiger partial charge < -0.3 is 19.3 Å². The molecule has 9 heteroatoms. The molecule has 1 aromatic rings. The van der Waals surface area contributed by atoms with Gasteiger partial charge in [0.05, 0.1) is 28.6 Å². The molecular formula is C22H27N3O6. The molecule has 166 valence electrons. The van der Waals surface area contributed by atoms with Gasteiger partial charge in [-0.1, -0.05) is 12.1 Å². The number of carbonyl (C=O) groups is 2. The van der Waals surface area contributed by atoms with E-state index in [4.69, 9.17) is 9.47 Å². The average molecular weight is 429 g/mol. The van der Waals surface area contributed by atoms with Gasteiger partial charge in [-0.15, -0.1) is 0 Å². The molecule has 4 atom stereocenters. The number of nitrogens with zero attached hydrogens (tertiary/aromatic N) is 3. The molecule has 2 heterocycles. The molecule has 4 unspecified atom stereocenters. The van der Waals surface area contributed by atoms with Crippen LogP contribution < -0.4 is 0 Å². The molecule has 3 aliphatic rings. The standard InChI is InChI=1S/C22H27N3O6/c1-23(2)9-10-24-19(13-5-4-6-14(11-13)25(28)29)18-20(26)16-8-7-15(30-3)12-17(16)31-21(18)22(24)27/h4-6,11,15-17,19H,7-10,12H2,1-3H3. The summed E-state index contributed by atoms with van der Waals surface area (Å²) in [6.07, 6.45) is 1.58. The van der Waals surface area contributed by atoms with E-state index in [1.165, 1.54) is 12.1 Å². The van der Waals surface area contributed by atoms with Crippen LogP contribution in [0, 0.1) is 16.0 Å². The second kappa shape index (κ2) is 8.39. The predicted octanol–water partition coefficient (Wildman–Crippen LogP) is 2.08. The van der Waals surface area contributed by atoms with Gasteiger partial charge in [0.2, 0.25) is 0 Å². The van der Waals surface area contributed by atoms with Crippen LogP contribution in [0.3, 0.4) is 0 Å². The Balaban J connectivity index is 1.75. The summed E-state index contributed by atoms with van der Waals surface area (Å²) < 4.78 is 11.6. The van der Waals surface area contributed by atoms with Crippen LogP contribution in [-0.2, 0) is 19.1 Å². The number of non-ortho nitro benzene ring substituents is 1. The van der Waals surface area contributed by atoms with E-state index < -0.39 is 11.0 Å². The van der Waals surface area contributed by atoms with Gasteiger partial charge >= 0.3 is 0 Å². The van der Waals surface area contributed by atoms with Crippen molar-refractivity contribution >= 4 is 17.4 Å². The first-order chi connectivity index (χ1) is 14.8. The lowest BCUT2D eigenvalue weighted by Gasteiger charge is -2.38. The number of likely N-dealkylation sites (N-methyl/N-ethyl adjacent to an activating group) is 1. The molecular weight excluding hydrogens is 402 g/mol. The van der Waals surface area contributed by atoms with Crippen molar-refractivity contribution in [1.29, 1.82) is 0 Å². The van der Waals surface area contributed by atoms with E-state index in [1.54, 1.807) is 24.1 Å². The Bertz CT molecular complexity index is 943. The third kappa shape index (κ3) is 3.83. The third-order valence-corrected chi connectivity index (χ3v) is 6.42. The maximum atomic E-state index is 13.6. The number of benzene rings is 1. The highest BCUT2D eigenvalue weighted by molar-refractivity contribution is 6.11. The highest BCUT2D eigenvalue weighted by atomic mass is 16.6. The Morgan fingerprint density at radius 2 is 2.06 bits per heavy atom. The molecule has 0 spiro atoms. The maximum absolute atomic E-state index is 13.6. The highest BCUT2D eigenvalue weighted by Gasteiger charge is 2.52. The summed E-state index contributed by atoms with van der Waals surface area (Å²) in [5.41, 5.74) is 0.808. The normalized spacial score (nSPS) is 27.9. The van der Waals surface area contributed by atoms with Gasteiger partial charge in [-0.05, 0) is 32.5 Å². The number of ketones is 1. The fraction of sp³-hybridized carbons (Fsp3) is 0.545. The van der Waals surface area contributed by atoms with Gasteiger partial charge in [0.1, 0.15) is 6.10 Å². The van der Waals surface area contributed by atoms with Gasteiger partial charge in [0.25, 0.3) is 11.6 Å². The first-order valence-electron chi connectivity index (χ1n) is 10.5. The third-order valence-electron chi connectivity index (χ3n) is 6.42. The number of amides is 1. The Morgan fingerprint density at radius 1 is 1.29 bits per heavy atom. The minimum Gasteiger partial charge on any atom is -0.483 e. The van der Waals surface area contributed by atoms with Crippen LogP contribution in [0.15, 0.2) is 35.6 Å². The predicted molar refractivity (Wildman–Crippen MR) is 111 cm³/mol. The molecule has 4 rings (SSSR count). The molecule has 1 saturated carbocycles. The van der Waals surface area contributed by atoms with Gasteiger partial charge in [0.15, 0.2) is 11.5 Å². The lowest BCUT2D eigenvalue weighted by atomic mass is 9.76. The molecule has 31 heavy (non-hydrogen) atoms. The molecule has 1 aromatic carbocycles. The first-order valence-corrected chi connectivity index (χ1v) is 10.5. The van der Waals surface area contributed by atoms with Crippen molar-refractivity contribution in [3.63, 3.8) is 0 Å². The van der Waals surface area contributed by atoms with Crippen molar-refractivity contribution in [1.82, 2.24) is 9.80 Å². The van der Waals surface area contributed by atoms with Crippen molar-refractivity contribution in [2.24, 2.45) is 5.92 Å². The number of fused-ring (bicyclic) bond motifs is 1. The topological polar surface area (TPSA) is 102 Å². The van der Waals surface area contributed by atoms with Crippen LogP contribution in [0.1, 0.15) is 30.9 Å². The van der Waals surface area contributed by atoms with E-state index in [0.717, 1.165) is 6.42 Å². The number of carbonyl (C=O) groups excluding carboxylic acids is 2. The number of hydrogen-bond acceptors (Lipinski definition) is 7. The molecule has 0 bridgehead atoms. The lowest BCUT2D eigenvalue weighted by Crippen LogP contribution is -2.43. The summed E-state index contributed by atoms with van der Waals surface area (Å²) in [5.74, 6) is -0.649. The van der Waals surface area contributed by atoms with Crippen LogP contribution in [0.5, 0.6) is 0 Å². The van der Waals surface area contributed by atoms with Crippen molar-refractivity contribution in [2.75, 3.05) is 34.3 Å². The summed E-state index contributed by atoms with van der Waals surface area (Å²) in [5, 5.41) is 11.3. The molecule has 2 aliphatic heterocycles. The molecule has 0 aromatic heterocycles. The molecule has 1 amide bonds. The van der Waals surface area contributed by atoms with Crippen molar-refractivity contribution in [2.45, 2.75) is 37.5 Å². The summed E-state index contributed by atoms with van der Waals surface area (Å²) in [7, 11) is 5.44. The number of rotatable bonds is 6. The van der Waals surface area contributed by atoms with E-state index in [1.807, 2.05) is 19.0 Å². The van der Waals surface area contributed by atoms with E-state index in [9.17, 15) is 19.7 Å². The molecule has 0 saturated heterocycles. The van der Waals surface area contributed by atoms with E-state index in [0.29, 0.717) is 37.1 Å². The number of nitro benzene ring substituents is 1. The lowest BCUT2D eigenvalue weighted by molar-refractivity contribution is -0.384. The van der Waals surface area contributed by atoms with Gasteiger partial charge in [-0.3, -0.25) is 19.7 Å². The van der Waals surface area contributed by atoms with Gasteiger partial charge in [0, 0.05) is 38.8 Å². The number of ether oxygens (including phenoxy) is 2. The Kier molecular flexibility index (Phi) is 5.81. The molecule has 1 fully saturated rings. The largest absolute Gasteiger partial charge is 0.483 e. The zero-order valence-corrected chi connectivity index (χ0v) is 17.9. The number of nitro groups is 1. The Hall–Kier alpha value is -2.78. The molecule has 0 N–H and O–H groups in total. The number of Topliss-reactive ketones (excluding diaryl/α,β-unsaturated/α-hetero) is 1. The smallest absolute Gasteiger partial charge is 0.290 e. The zero-order chi connectivity index (χ0) is 22.3. The summed E-state index contributed by atoms with van der Waals surface area (Å²) in [6.45, 7) is 0.962. The summed E-state index contributed by atoms with van der Waals surface area (Å²) in [4.78, 5) is 41.3. The van der Waals surface area contributed by atoms with E-state index in [2.05, 4.69) is 0 Å². The quantitative estimate of drug-likeness (QED) is 0.504.